The molecule has 0 radical (unpaired) electrons. The van der Waals surface area contributed by atoms with E-state index < -0.39 is 0 Å². The number of hydrogen-bond acceptors (Lipinski definition) is 10. The van der Waals surface area contributed by atoms with Crippen molar-refractivity contribution in [3.63, 3.8) is 0 Å². The number of methoxy groups -OCH3 is 1. The van der Waals surface area contributed by atoms with Crippen LogP contribution in [0.25, 0.3) is 22.0 Å². The van der Waals surface area contributed by atoms with Gasteiger partial charge in [0, 0.05) is 30.3 Å². The minimum absolute atomic E-state index is 0.00424. The highest BCUT2D eigenvalue weighted by atomic mass is 35.5. The minimum Gasteiger partial charge on any atom is -0.455 e. The minimum atomic E-state index is -0.287. The van der Waals surface area contributed by atoms with Crippen molar-refractivity contribution < 1.29 is 33.3 Å². The molecule has 3 N–H and O–H groups in total. The summed E-state index contributed by atoms with van der Waals surface area (Å²) in [6, 6.07) is 12.4. The van der Waals surface area contributed by atoms with Gasteiger partial charge >= 0.3 is 0 Å². The van der Waals surface area contributed by atoms with E-state index in [9.17, 15) is 9.90 Å². The first-order valence-electron chi connectivity index (χ1n) is 13.5. The first-order valence-corrected chi connectivity index (χ1v) is 13.8. The van der Waals surface area contributed by atoms with Gasteiger partial charge in [0.05, 0.1) is 41.3 Å². The maximum absolute atomic E-state index is 13.7. The van der Waals surface area contributed by atoms with Gasteiger partial charge in [-0.1, -0.05) is 23.7 Å². The molecule has 5 aromatic rings. The highest BCUT2D eigenvalue weighted by Gasteiger charge is 2.25. The Kier molecular flexibility index (Phi) is 8.36. The summed E-state index contributed by atoms with van der Waals surface area (Å²) in [5.41, 5.74) is 1.78. The first-order chi connectivity index (χ1) is 20.5. The topological polar surface area (TPSA) is 141 Å². The number of aliphatic hydroxyl groups is 1. The maximum atomic E-state index is 13.7. The van der Waals surface area contributed by atoms with Crippen LogP contribution in [0.1, 0.15) is 34.5 Å². The van der Waals surface area contributed by atoms with Crippen LogP contribution in [0.2, 0.25) is 5.02 Å². The smallest absolute Gasteiger partial charge is 0.196 e. The first kappa shape index (κ1) is 28.1. The molecule has 1 aliphatic rings. The van der Waals surface area contributed by atoms with Crippen LogP contribution < -0.4 is 10.1 Å². The quantitative estimate of drug-likeness (QED) is 0.103. The lowest BCUT2D eigenvalue weighted by molar-refractivity contribution is -0.0437. The number of ketones is 1. The van der Waals surface area contributed by atoms with E-state index in [1.807, 2.05) is 18.2 Å². The van der Waals surface area contributed by atoms with Gasteiger partial charge in [0.2, 0.25) is 0 Å². The molecule has 1 fully saturated rings. The number of halogens is 1. The molecule has 2 atom stereocenters. The summed E-state index contributed by atoms with van der Waals surface area (Å²) in [6.45, 7) is 0.843. The average molecular weight is 593 g/mol. The number of furan rings is 1. The second kappa shape index (κ2) is 12.5. The number of nitrogens with zero attached hydrogens (tertiary/aromatic N) is 2. The van der Waals surface area contributed by atoms with Crippen LogP contribution in [0.5, 0.6) is 11.5 Å². The van der Waals surface area contributed by atoms with Gasteiger partial charge in [-0.15, -0.1) is 0 Å². The maximum Gasteiger partial charge on any atom is 0.196 e. The Morgan fingerprint density at radius 3 is 2.88 bits per heavy atom. The second-order valence-corrected chi connectivity index (χ2v) is 10.3. The lowest BCUT2D eigenvalue weighted by Crippen LogP contribution is -2.36. The van der Waals surface area contributed by atoms with Crippen LogP contribution >= 0.6 is 11.6 Å². The number of nitrogens with one attached hydrogen (secondary N) is 2. The molecule has 1 saturated heterocycles. The van der Waals surface area contributed by atoms with E-state index in [0.29, 0.717) is 57.4 Å². The third kappa shape index (κ3) is 5.83. The van der Waals surface area contributed by atoms with Crippen molar-refractivity contribution in [3.05, 3.63) is 76.9 Å². The van der Waals surface area contributed by atoms with Crippen molar-refractivity contribution in [1.82, 2.24) is 15.0 Å². The number of carbonyl (C=O) groups is 1. The van der Waals surface area contributed by atoms with Crippen LogP contribution in [0.15, 0.2) is 59.4 Å². The average Bonchev–Trinajstić information content (AvgIpc) is 3.63. The third-order valence-corrected chi connectivity index (χ3v) is 7.36. The summed E-state index contributed by atoms with van der Waals surface area (Å²) >= 11 is 6.63. The van der Waals surface area contributed by atoms with Gasteiger partial charge in [0.25, 0.3) is 0 Å². The zero-order valence-electron chi connectivity index (χ0n) is 22.8. The number of ether oxygens (including phenoxy) is 4. The Morgan fingerprint density at radius 1 is 1.19 bits per heavy atom. The van der Waals surface area contributed by atoms with Gasteiger partial charge in [0.1, 0.15) is 42.7 Å². The van der Waals surface area contributed by atoms with Crippen LogP contribution in [-0.2, 0) is 20.8 Å². The van der Waals surface area contributed by atoms with Crippen LogP contribution in [0.4, 0.5) is 5.82 Å². The standard InChI is InChI=1S/C30H29ClN4O7/c1-38-16-39-14-21-9-17-3-2-4-25(28(17)42-21)41-19-7-8-22(24(31)10-19)27(37)23-11-32-29-26(23)30(34-15-33-29)35-18-5-6-20(12-36)40-13-18/h2-4,7-11,15,18,20,36H,5-6,12-14,16H2,1H3,(H2,32,33,34,35)/t18-,20+/m1/s1. The molecule has 0 saturated carbocycles. The molecule has 42 heavy (non-hydrogen) atoms. The van der Waals surface area contributed by atoms with Gasteiger partial charge in [-0.3, -0.25) is 4.79 Å². The van der Waals surface area contributed by atoms with Crippen molar-refractivity contribution in [2.75, 3.05) is 32.4 Å². The fraction of sp³-hybridized carbons (Fsp3) is 0.300. The van der Waals surface area contributed by atoms with Crippen molar-refractivity contribution >= 4 is 45.2 Å². The van der Waals surface area contributed by atoms with Crippen LogP contribution in [-0.4, -0.2) is 65.1 Å². The lowest BCUT2D eigenvalue weighted by Gasteiger charge is -2.29. The number of carbonyl (C=O) groups excluding carboxylic acids is 1. The van der Waals surface area contributed by atoms with Gasteiger partial charge in [-0.25, -0.2) is 9.97 Å². The second-order valence-electron chi connectivity index (χ2n) is 9.92. The molecule has 1 aliphatic heterocycles. The Hall–Kier alpha value is -4.00. The monoisotopic (exact) mass is 592 g/mol. The fourth-order valence-electron chi connectivity index (χ4n) is 4.99. The van der Waals surface area contributed by atoms with E-state index in [2.05, 4.69) is 20.3 Å². The molecule has 218 valence electrons. The molecule has 0 spiro atoms. The highest BCUT2D eigenvalue weighted by molar-refractivity contribution is 6.35. The number of rotatable bonds is 11. The number of fused-ring (bicyclic) bond motifs is 2. The Balaban J connectivity index is 1.22. The van der Waals surface area contributed by atoms with Crippen molar-refractivity contribution in [2.24, 2.45) is 0 Å². The fourth-order valence-corrected chi connectivity index (χ4v) is 5.25. The summed E-state index contributed by atoms with van der Waals surface area (Å²) in [4.78, 5) is 25.5. The number of aromatic amines is 1. The Labute approximate surface area is 245 Å². The molecular weight excluding hydrogens is 564 g/mol. The number of anilines is 1. The molecule has 4 heterocycles. The molecule has 0 bridgehead atoms. The summed E-state index contributed by atoms with van der Waals surface area (Å²) < 4.78 is 28.0. The van der Waals surface area contributed by atoms with Gasteiger partial charge < -0.3 is 38.8 Å². The van der Waals surface area contributed by atoms with E-state index in [4.69, 9.17) is 35.0 Å². The number of aromatic nitrogens is 3. The predicted octanol–water partition coefficient (Wildman–Crippen LogP) is 5.45. The van der Waals surface area contributed by atoms with E-state index in [-0.39, 0.29) is 43.0 Å². The van der Waals surface area contributed by atoms with Crippen molar-refractivity contribution in [1.29, 1.82) is 0 Å². The van der Waals surface area contributed by atoms with Gasteiger partial charge in [0.15, 0.2) is 17.1 Å². The molecule has 3 aromatic heterocycles. The molecule has 0 unspecified atom stereocenters. The number of para-hydroxylation sites is 1. The largest absolute Gasteiger partial charge is 0.455 e. The molecule has 0 amide bonds. The number of aliphatic hydroxyl groups excluding tert-OH is 1. The van der Waals surface area contributed by atoms with Crippen LogP contribution in [0.3, 0.4) is 0 Å². The molecule has 2 aromatic carbocycles. The molecule has 12 heteroatoms. The van der Waals surface area contributed by atoms with E-state index in [0.717, 1.165) is 18.2 Å². The van der Waals surface area contributed by atoms with Crippen molar-refractivity contribution in [2.45, 2.75) is 31.6 Å². The number of benzene rings is 2. The van der Waals surface area contributed by atoms with E-state index in [1.54, 1.807) is 37.6 Å². The van der Waals surface area contributed by atoms with Crippen molar-refractivity contribution in [3.8, 4) is 11.5 Å². The number of hydrogen-bond donors (Lipinski definition) is 3. The van der Waals surface area contributed by atoms with E-state index >= 15 is 0 Å². The number of H-pyrrole nitrogens is 1. The highest BCUT2D eigenvalue weighted by Crippen LogP contribution is 2.35. The molecule has 0 aliphatic carbocycles. The Morgan fingerprint density at radius 2 is 2.10 bits per heavy atom. The summed E-state index contributed by atoms with van der Waals surface area (Å²) in [5, 5.41) is 14.4. The van der Waals surface area contributed by atoms with Gasteiger partial charge in [-0.05, 0) is 37.1 Å². The SMILES string of the molecule is COCOCc1cc2cccc(Oc3ccc(C(=O)c4c[nH]c5ncnc(N[C@@H]6CC[C@@H](CO)OC6)c45)c(Cl)c3)c2o1. The summed E-state index contributed by atoms with van der Waals surface area (Å²) in [5.74, 6) is 1.82. The lowest BCUT2D eigenvalue weighted by atomic mass is 10.0. The van der Waals surface area contributed by atoms with Crippen LogP contribution in [0, 0.1) is 0 Å². The zero-order chi connectivity index (χ0) is 29.1. The predicted molar refractivity (Wildman–Crippen MR) is 155 cm³/mol. The zero-order valence-corrected chi connectivity index (χ0v) is 23.5. The molecular formula is C30H29ClN4O7. The molecule has 6 rings (SSSR count). The Bertz CT molecular complexity index is 1710. The summed E-state index contributed by atoms with van der Waals surface area (Å²) in [6.07, 6.45) is 4.41. The summed E-state index contributed by atoms with van der Waals surface area (Å²) in [7, 11) is 1.56. The molecule has 11 nitrogen and oxygen atoms in total. The normalized spacial score (nSPS) is 17.1. The van der Waals surface area contributed by atoms with Gasteiger partial charge in [-0.2, -0.15) is 0 Å². The third-order valence-electron chi connectivity index (χ3n) is 7.05. The van der Waals surface area contributed by atoms with E-state index in [1.165, 1.54) is 6.33 Å².